The Labute approximate surface area is 97.9 Å². The largest absolute Gasteiger partial charge is 0.369 e. The Hall–Kier alpha value is -0.150. The van der Waals surface area contributed by atoms with E-state index in [0.717, 1.165) is 19.4 Å². The summed E-state index contributed by atoms with van der Waals surface area (Å²) in [4.78, 5) is 0. The van der Waals surface area contributed by atoms with Crippen LogP contribution in [0.15, 0.2) is 0 Å². The molecule has 3 heteroatoms. The van der Waals surface area contributed by atoms with E-state index in [1.165, 1.54) is 0 Å². The van der Waals surface area contributed by atoms with Crippen LogP contribution in [-0.2, 0) is 4.74 Å². The van der Waals surface area contributed by atoms with Gasteiger partial charge in [0.1, 0.15) is 5.67 Å². The molecule has 2 nitrogen and oxygen atoms in total. The molecule has 2 fully saturated rings. The van der Waals surface area contributed by atoms with E-state index >= 15 is 0 Å². The highest BCUT2D eigenvalue weighted by Crippen LogP contribution is 2.50. The molecule has 2 aliphatic rings. The minimum absolute atomic E-state index is 0.00259. The van der Waals surface area contributed by atoms with E-state index in [1.807, 2.05) is 13.8 Å². The first-order chi connectivity index (χ1) is 7.25. The van der Waals surface area contributed by atoms with Crippen molar-refractivity contribution in [3.8, 4) is 0 Å². The smallest absolute Gasteiger partial charge is 0.129 e. The van der Waals surface area contributed by atoms with Crippen molar-refractivity contribution >= 4 is 0 Å². The van der Waals surface area contributed by atoms with Crippen molar-refractivity contribution in [1.82, 2.24) is 5.32 Å². The molecular formula is C13H24FNO. The van der Waals surface area contributed by atoms with Gasteiger partial charge in [0.15, 0.2) is 0 Å². The number of piperidine rings is 1. The summed E-state index contributed by atoms with van der Waals surface area (Å²) in [5, 5.41) is 3.19. The van der Waals surface area contributed by atoms with Crippen LogP contribution in [0.4, 0.5) is 4.39 Å². The number of halogens is 1. The van der Waals surface area contributed by atoms with Crippen LogP contribution in [0.1, 0.15) is 47.0 Å². The normalized spacial score (nSPS) is 42.2. The number of alkyl halides is 1. The molecule has 2 heterocycles. The number of ether oxygens (including phenoxy) is 1. The Morgan fingerprint density at radius 3 is 2.38 bits per heavy atom. The van der Waals surface area contributed by atoms with Crippen LogP contribution in [-0.4, -0.2) is 30.0 Å². The number of rotatable bonds is 1. The molecule has 2 atom stereocenters. The number of hydrogen-bond donors (Lipinski definition) is 1. The highest BCUT2D eigenvalue weighted by molar-refractivity contribution is 5.05. The molecule has 1 N–H and O–H groups in total. The molecule has 16 heavy (non-hydrogen) atoms. The van der Waals surface area contributed by atoms with Crippen molar-refractivity contribution in [1.29, 1.82) is 0 Å². The van der Waals surface area contributed by atoms with Gasteiger partial charge in [-0.15, -0.1) is 0 Å². The molecule has 0 aromatic carbocycles. The fourth-order valence-corrected chi connectivity index (χ4v) is 3.56. The molecule has 94 valence electrons. The van der Waals surface area contributed by atoms with Crippen LogP contribution in [0.3, 0.4) is 0 Å². The van der Waals surface area contributed by atoms with Crippen molar-refractivity contribution in [2.24, 2.45) is 5.92 Å². The van der Waals surface area contributed by atoms with Crippen molar-refractivity contribution in [2.45, 2.75) is 63.8 Å². The van der Waals surface area contributed by atoms with Gasteiger partial charge in [-0.3, -0.25) is 0 Å². The predicted octanol–water partition coefficient (Wildman–Crippen LogP) is 2.67. The van der Waals surface area contributed by atoms with E-state index in [0.29, 0.717) is 13.0 Å². The second kappa shape index (κ2) is 3.67. The zero-order valence-corrected chi connectivity index (χ0v) is 10.9. The van der Waals surface area contributed by atoms with Crippen molar-refractivity contribution in [3.05, 3.63) is 0 Å². The van der Waals surface area contributed by atoms with Gasteiger partial charge in [0, 0.05) is 12.5 Å². The van der Waals surface area contributed by atoms with Gasteiger partial charge in [-0.1, -0.05) is 0 Å². The van der Waals surface area contributed by atoms with Gasteiger partial charge in [0.05, 0.1) is 11.2 Å². The van der Waals surface area contributed by atoms with Gasteiger partial charge in [0.2, 0.25) is 0 Å². The summed E-state index contributed by atoms with van der Waals surface area (Å²) in [6, 6.07) is 0. The summed E-state index contributed by atoms with van der Waals surface area (Å²) in [7, 11) is 0. The van der Waals surface area contributed by atoms with Crippen LogP contribution in [0.5, 0.6) is 0 Å². The maximum Gasteiger partial charge on any atom is 0.129 e. The average molecular weight is 229 g/mol. The molecule has 0 aromatic rings. The van der Waals surface area contributed by atoms with Gasteiger partial charge < -0.3 is 10.1 Å². The second-order valence-corrected chi connectivity index (χ2v) is 6.54. The molecule has 2 rings (SSSR count). The highest BCUT2D eigenvalue weighted by atomic mass is 19.1. The van der Waals surface area contributed by atoms with E-state index in [-0.39, 0.29) is 17.1 Å². The first-order valence-corrected chi connectivity index (χ1v) is 6.35. The molecule has 0 aromatic heterocycles. The second-order valence-electron chi connectivity index (χ2n) is 6.54. The van der Waals surface area contributed by atoms with Gasteiger partial charge in [-0.25, -0.2) is 4.39 Å². The minimum atomic E-state index is -1.09. The summed E-state index contributed by atoms with van der Waals surface area (Å²) in [6.07, 6.45) is 2.43. The topological polar surface area (TPSA) is 21.3 Å². The van der Waals surface area contributed by atoms with E-state index in [4.69, 9.17) is 4.74 Å². The average Bonchev–Trinajstić information content (AvgIpc) is 2.36. The van der Waals surface area contributed by atoms with Gasteiger partial charge >= 0.3 is 0 Å². The van der Waals surface area contributed by atoms with E-state index < -0.39 is 5.67 Å². The molecule has 2 unspecified atom stereocenters. The molecule has 0 amide bonds. The Morgan fingerprint density at radius 1 is 1.25 bits per heavy atom. The maximum atomic E-state index is 15.0. The first-order valence-electron chi connectivity index (χ1n) is 6.35. The van der Waals surface area contributed by atoms with Gasteiger partial charge in [-0.05, 0) is 53.5 Å². The van der Waals surface area contributed by atoms with Crippen LogP contribution < -0.4 is 5.32 Å². The van der Waals surface area contributed by atoms with E-state index in [9.17, 15) is 4.39 Å². The number of hydrogen-bond acceptors (Lipinski definition) is 2. The third-order valence-electron chi connectivity index (χ3n) is 4.06. The lowest BCUT2D eigenvalue weighted by molar-refractivity contribution is -0.0972. The van der Waals surface area contributed by atoms with Crippen molar-refractivity contribution in [3.63, 3.8) is 0 Å². The van der Waals surface area contributed by atoms with E-state index in [1.54, 1.807) is 0 Å². The molecule has 0 radical (unpaired) electrons. The van der Waals surface area contributed by atoms with E-state index in [2.05, 4.69) is 19.2 Å². The zero-order chi connectivity index (χ0) is 12.0. The standard InChI is InChI=1S/C13H24FNO/c1-11(2)8-10(12(3,4)16-11)13(14)6-5-7-15-9-13/h10,15H,5-9H2,1-4H3. The van der Waals surface area contributed by atoms with Crippen LogP contribution in [0.2, 0.25) is 0 Å². The molecule has 0 spiro atoms. The Balaban J connectivity index is 2.19. The Bertz CT molecular complexity index is 269. The van der Waals surface area contributed by atoms with Crippen molar-refractivity contribution in [2.75, 3.05) is 13.1 Å². The molecule has 0 aliphatic carbocycles. The molecule has 2 saturated heterocycles. The Kier molecular flexibility index (Phi) is 2.83. The SMILES string of the molecule is CC1(C)CC(C2(F)CCCNC2)C(C)(C)O1. The van der Waals surface area contributed by atoms with Crippen LogP contribution >= 0.6 is 0 Å². The van der Waals surface area contributed by atoms with Crippen LogP contribution in [0, 0.1) is 5.92 Å². The van der Waals surface area contributed by atoms with Crippen molar-refractivity contribution < 1.29 is 9.13 Å². The summed E-state index contributed by atoms with van der Waals surface area (Å²) < 4.78 is 21.0. The first kappa shape index (κ1) is 12.3. The maximum absolute atomic E-state index is 15.0. The Morgan fingerprint density at radius 2 is 1.94 bits per heavy atom. The fourth-order valence-electron chi connectivity index (χ4n) is 3.56. The minimum Gasteiger partial charge on any atom is -0.369 e. The third kappa shape index (κ3) is 2.12. The third-order valence-corrected chi connectivity index (χ3v) is 4.06. The fraction of sp³-hybridized carbons (Fsp3) is 1.00. The molecular weight excluding hydrogens is 205 g/mol. The van der Waals surface area contributed by atoms with Crippen LogP contribution in [0.25, 0.3) is 0 Å². The number of nitrogens with one attached hydrogen (secondary N) is 1. The van der Waals surface area contributed by atoms with Gasteiger partial charge in [-0.2, -0.15) is 0 Å². The lowest BCUT2D eigenvalue weighted by Crippen LogP contribution is -2.52. The summed E-state index contributed by atoms with van der Waals surface area (Å²) >= 11 is 0. The zero-order valence-electron chi connectivity index (χ0n) is 10.9. The summed E-state index contributed by atoms with van der Waals surface area (Å²) in [5.41, 5.74) is -1.63. The molecule has 2 aliphatic heterocycles. The lowest BCUT2D eigenvalue weighted by atomic mass is 9.72. The monoisotopic (exact) mass is 229 g/mol. The quantitative estimate of drug-likeness (QED) is 0.746. The molecule has 0 saturated carbocycles. The predicted molar refractivity (Wildman–Crippen MR) is 63.3 cm³/mol. The van der Waals surface area contributed by atoms with Gasteiger partial charge in [0.25, 0.3) is 0 Å². The summed E-state index contributed by atoms with van der Waals surface area (Å²) in [5.74, 6) is 0.00259. The molecule has 0 bridgehead atoms. The lowest BCUT2D eigenvalue weighted by Gasteiger charge is -2.40. The highest BCUT2D eigenvalue weighted by Gasteiger charge is 2.56. The summed E-state index contributed by atoms with van der Waals surface area (Å²) in [6.45, 7) is 9.62.